The summed E-state index contributed by atoms with van der Waals surface area (Å²) in [4.78, 5) is 12.4. The molecule has 1 unspecified atom stereocenters. The first kappa shape index (κ1) is 16.7. The Labute approximate surface area is 142 Å². The lowest BCUT2D eigenvalue weighted by molar-refractivity contribution is 0.0915. The van der Waals surface area contributed by atoms with Gasteiger partial charge in [-0.15, -0.1) is 0 Å². The number of amides is 1. The van der Waals surface area contributed by atoms with Crippen LogP contribution in [0.15, 0.2) is 36.5 Å². The Morgan fingerprint density at radius 2 is 2.04 bits per heavy atom. The average molecular weight is 327 g/mol. The topological polar surface area (TPSA) is 67.2 Å². The van der Waals surface area contributed by atoms with Gasteiger partial charge in [-0.2, -0.15) is 5.10 Å². The fraction of sp³-hybridized carbons (Fsp3) is 0.474. The van der Waals surface area contributed by atoms with Gasteiger partial charge in [0.15, 0.2) is 0 Å². The normalized spacial score (nSPS) is 16.2. The highest BCUT2D eigenvalue weighted by Gasteiger charge is 2.22. The zero-order valence-electron chi connectivity index (χ0n) is 14.1. The third-order valence-electron chi connectivity index (χ3n) is 4.77. The number of carbonyl (C=O) groups is 1. The first-order chi connectivity index (χ1) is 11.6. The minimum Gasteiger partial charge on any atom is -0.391 e. The second-order valence-corrected chi connectivity index (χ2v) is 6.58. The van der Waals surface area contributed by atoms with E-state index >= 15 is 0 Å². The number of hydrogen-bond donors (Lipinski definition) is 2. The third kappa shape index (κ3) is 3.85. The van der Waals surface area contributed by atoms with Crippen LogP contribution in [-0.2, 0) is 6.42 Å². The van der Waals surface area contributed by atoms with E-state index in [2.05, 4.69) is 10.4 Å². The predicted molar refractivity (Wildman–Crippen MR) is 93.0 cm³/mol. The average Bonchev–Trinajstić information content (AvgIpc) is 3.23. The highest BCUT2D eigenvalue weighted by Crippen LogP contribution is 2.30. The maximum Gasteiger partial charge on any atom is 0.254 e. The molecule has 1 aliphatic rings. The van der Waals surface area contributed by atoms with E-state index in [1.54, 1.807) is 6.20 Å². The van der Waals surface area contributed by atoms with E-state index in [1.807, 2.05) is 41.9 Å². The molecule has 1 saturated carbocycles. The monoisotopic (exact) mass is 327 g/mol. The Morgan fingerprint density at radius 3 is 2.75 bits per heavy atom. The van der Waals surface area contributed by atoms with Crippen LogP contribution < -0.4 is 5.32 Å². The minimum absolute atomic E-state index is 0.163. The summed E-state index contributed by atoms with van der Waals surface area (Å²) >= 11 is 0. The maximum absolute atomic E-state index is 12.4. The van der Waals surface area contributed by atoms with E-state index in [0.717, 1.165) is 24.1 Å². The van der Waals surface area contributed by atoms with E-state index in [9.17, 15) is 9.90 Å². The van der Waals surface area contributed by atoms with Crippen molar-refractivity contribution in [1.82, 2.24) is 15.1 Å². The van der Waals surface area contributed by atoms with Gasteiger partial charge in [0.25, 0.3) is 5.91 Å². The van der Waals surface area contributed by atoms with Crippen LogP contribution in [0.1, 0.15) is 53.3 Å². The largest absolute Gasteiger partial charge is 0.391 e. The molecule has 1 fully saturated rings. The number of rotatable bonds is 6. The molecule has 1 atom stereocenters. The van der Waals surface area contributed by atoms with Gasteiger partial charge in [0.2, 0.25) is 0 Å². The summed E-state index contributed by atoms with van der Waals surface area (Å²) < 4.78 is 1.99. The van der Waals surface area contributed by atoms with Gasteiger partial charge in [-0.1, -0.05) is 43.2 Å². The van der Waals surface area contributed by atoms with Gasteiger partial charge >= 0.3 is 0 Å². The van der Waals surface area contributed by atoms with Crippen molar-refractivity contribution in [1.29, 1.82) is 0 Å². The number of benzene rings is 1. The summed E-state index contributed by atoms with van der Waals surface area (Å²) in [6.45, 7) is 2.18. The van der Waals surface area contributed by atoms with Crippen molar-refractivity contribution in [2.75, 3.05) is 6.54 Å². The molecule has 0 bridgehead atoms. The lowest BCUT2D eigenvalue weighted by atomic mass is 10.1. The Kier molecular flexibility index (Phi) is 5.30. The molecule has 0 radical (unpaired) electrons. The molecule has 5 heteroatoms. The SMILES string of the molecule is Cc1c(C(=O)NCC(O)Cc2ccccc2)cnn1C1CCCC1. The van der Waals surface area contributed by atoms with Crippen LogP contribution in [0.25, 0.3) is 0 Å². The second kappa shape index (κ2) is 7.62. The second-order valence-electron chi connectivity index (χ2n) is 6.58. The van der Waals surface area contributed by atoms with Crippen molar-refractivity contribution in [2.24, 2.45) is 0 Å². The predicted octanol–water partition coefficient (Wildman–Crippen LogP) is 2.64. The Bertz CT molecular complexity index is 675. The first-order valence-electron chi connectivity index (χ1n) is 8.69. The third-order valence-corrected chi connectivity index (χ3v) is 4.77. The Balaban J connectivity index is 1.55. The molecule has 1 aliphatic carbocycles. The van der Waals surface area contributed by atoms with Gasteiger partial charge in [-0.05, 0) is 25.3 Å². The van der Waals surface area contributed by atoms with Crippen molar-refractivity contribution in [3.63, 3.8) is 0 Å². The van der Waals surface area contributed by atoms with E-state index < -0.39 is 6.10 Å². The molecule has 5 nitrogen and oxygen atoms in total. The molecule has 2 aromatic rings. The number of aromatic nitrogens is 2. The van der Waals surface area contributed by atoms with Gasteiger partial charge in [-0.25, -0.2) is 0 Å². The molecule has 2 N–H and O–H groups in total. The molecule has 1 amide bonds. The summed E-state index contributed by atoms with van der Waals surface area (Å²) in [5.41, 5.74) is 2.58. The maximum atomic E-state index is 12.4. The molecule has 128 valence electrons. The van der Waals surface area contributed by atoms with Gasteiger partial charge in [-0.3, -0.25) is 9.48 Å². The molecule has 0 aliphatic heterocycles. The number of nitrogens with one attached hydrogen (secondary N) is 1. The van der Waals surface area contributed by atoms with Gasteiger partial charge in [0, 0.05) is 18.7 Å². The van der Waals surface area contributed by atoms with Crippen LogP contribution in [0.4, 0.5) is 0 Å². The van der Waals surface area contributed by atoms with E-state index in [4.69, 9.17) is 0 Å². The van der Waals surface area contributed by atoms with Crippen molar-refractivity contribution < 1.29 is 9.90 Å². The lowest BCUT2D eigenvalue weighted by Gasteiger charge is -2.14. The fourth-order valence-corrected chi connectivity index (χ4v) is 3.43. The Hall–Kier alpha value is -2.14. The molecular formula is C19H25N3O2. The first-order valence-corrected chi connectivity index (χ1v) is 8.69. The van der Waals surface area contributed by atoms with Crippen molar-refractivity contribution in [3.05, 3.63) is 53.3 Å². The zero-order valence-corrected chi connectivity index (χ0v) is 14.1. The molecule has 0 saturated heterocycles. The van der Waals surface area contributed by atoms with Gasteiger partial charge < -0.3 is 10.4 Å². The summed E-state index contributed by atoms with van der Waals surface area (Å²) in [7, 11) is 0. The molecule has 24 heavy (non-hydrogen) atoms. The zero-order chi connectivity index (χ0) is 16.9. The molecular weight excluding hydrogens is 302 g/mol. The summed E-state index contributed by atoms with van der Waals surface area (Å²) in [6.07, 6.45) is 6.32. The molecule has 3 rings (SSSR count). The molecule has 1 aromatic heterocycles. The quantitative estimate of drug-likeness (QED) is 0.857. The van der Waals surface area contributed by atoms with Gasteiger partial charge in [0.05, 0.1) is 23.9 Å². The van der Waals surface area contributed by atoms with Crippen LogP contribution in [-0.4, -0.2) is 33.4 Å². The minimum atomic E-state index is -0.596. The number of carbonyl (C=O) groups excluding carboxylic acids is 1. The van der Waals surface area contributed by atoms with Crippen molar-refractivity contribution in [3.8, 4) is 0 Å². The number of nitrogens with zero attached hydrogens (tertiary/aromatic N) is 2. The van der Waals surface area contributed by atoms with E-state index in [-0.39, 0.29) is 12.5 Å². The number of aliphatic hydroxyl groups is 1. The van der Waals surface area contributed by atoms with E-state index in [1.165, 1.54) is 12.8 Å². The fourth-order valence-electron chi connectivity index (χ4n) is 3.43. The lowest BCUT2D eigenvalue weighted by Crippen LogP contribution is -2.33. The van der Waals surface area contributed by atoms with E-state index in [0.29, 0.717) is 18.0 Å². The molecule has 1 heterocycles. The summed E-state index contributed by atoms with van der Waals surface area (Å²) in [6, 6.07) is 10.2. The highest BCUT2D eigenvalue weighted by atomic mass is 16.3. The molecule has 1 aromatic carbocycles. The Morgan fingerprint density at radius 1 is 1.33 bits per heavy atom. The standard InChI is InChI=1S/C19H25N3O2/c1-14-18(13-21-22(14)16-9-5-6-10-16)19(24)20-12-17(23)11-15-7-3-2-4-8-15/h2-4,7-8,13,16-17,23H,5-6,9-12H2,1H3,(H,20,24). The number of hydrogen-bond acceptors (Lipinski definition) is 3. The van der Waals surface area contributed by atoms with Crippen LogP contribution in [0.2, 0.25) is 0 Å². The van der Waals surface area contributed by atoms with Crippen LogP contribution in [0.5, 0.6) is 0 Å². The van der Waals surface area contributed by atoms with Gasteiger partial charge in [0.1, 0.15) is 0 Å². The highest BCUT2D eigenvalue weighted by molar-refractivity contribution is 5.95. The van der Waals surface area contributed by atoms with Crippen molar-refractivity contribution >= 4 is 5.91 Å². The van der Waals surface area contributed by atoms with Crippen molar-refractivity contribution in [2.45, 2.75) is 51.2 Å². The number of aliphatic hydroxyl groups excluding tert-OH is 1. The van der Waals surface area contributed by atoms with Crippen LogP contribution >= 0.6 is 0 Å². The molecule has 0 spiro atoms. The summed E-state index contributed by atoms with van der Waals surface area (Å²) in [5, 5.41) is 17.3. The smallest absolute Gasteiger partial charge is 0.254 e. The van der Waals surface area contributed by atoms with Crippen LogP contribution in [0, 0.1) is 6.92 Å². The van der Waals surface area contributed by atoms with Crippen LogP contribution in [0.3, 0.4) is 0 Å². The summed E-state index contributed by atoms with van der Waals surface area (Å²) in [5.74, 6) is -0.163.